The minimum Gasteiger partial charge on any atom is -0.352 e. The molecule has 0 saturated carbocycles. The highest BCUT2D eigenvalue weighted by atomic mass is 79.9. The molecule has 2 amide bonds. The van der Waals surface area contributed by atoms with Gasteiger partial charge >= 0.3 is 0 Å². The lowest BCUT2D eigenvalue weighted by atomic mass is 10.2. The summed E-state index contributed by atoms with van der Waals surface area (Å²) >= 11 is 6.37. The molecule has 2 N–H and O–H groups in total. The summed E-state index contributed by atoms with van der Waals surface area (Å²) in [4.78, 5) is 25.9. The van der Waals surface area contributed by atoms with Crippen molar-refractivity contribution in [3.8, 4) is 0 Å². The maximum Gasteiger partial charge on any atom is 0.258 e. The van der Waals surface area contributed by atoms with E-state index in [1.165, 1.54) is 11.3 Å². The Kier molecular flexibility index (Phi) is 9.05. The first-order valence-corrected chi connectivity index (χ1v) is 12.6. The van der Waals surface area contributed by atoms with Gasteiger partial charge in [-0.05, 0) is 42.5 Å². The van der Waals surface area contributed by atoms with Crippen LogP contribution in [0.15, 0.2) is 57.9 Å². The standard InChI is InChI=1S/C22H23BrN4O2S2/c1-2-3-13-30-18-10-5-4-9-17(18)21(29)25-22-27-26-19(31-22)11-12-24-20(28)15-7-6-8-16(23)14-15/h4-10,14H,2-3,11-13H2,1H3,(H,24,28)(H,25,27,29). The summed E-state index contributed by atoms with van der Waals surface area (Å²) in [6, 6.07) is 14.8. The predicted molar refractivity (Wildman–Crippen MR) is 130 cm³/mol. The van der Waals surface area contributed by atoms with E-state index < -0.39 is 0 Å². The smallest absolute Gasteiger partial charge is 0.258 e. The van der Waals surface area contributed by atoms with Gasteiger partial charge in [-0.3, -0.25) is 14.9 Å². The van der Waals surface area contributed by atoms with E-state index in [1.54, 1.807) is 23.9 Å². The molecule has 162 valence electrons. The number of benzene rings is 2. The summed E-state index contributed by atoms with van der Waals surface area (Å²) in [5.41, 5.74) is 1.23. The number of amides is 2. The lowest BCUT2D eigenvalue weighted by Gasteiger charge is -2.08. The van der Waals surface area contributed by atoms with Crippen LogP contribution in [0.25, 0.3) is 0 Å². The van der Waals surface area contributed by atoms with Gasteiger partial charge in [-0.1, -0.05) is 58.8 Å². The van der Waals surface area contributed by atoms with Crippen LogP contribution in [0.4, 0.5) is 5.13 Å². The van der Waals surface area contributed by atoms with Crippen molar-refractivity contribution in [2.75, 3.05) is 17.6 Å². The van der Waals surface area contributed by atoms with Gasteiger partial charge in [-0.25, -0.2) is 0 Å². The second-order valence-electron chi connectivity index (χ2n) is 6.67. The molecular formula is C22H23BrN4O2S2. The second kappa shape index (κ2) is 12.0. The van der Waals surface area contributed by atoms with Crippen LogP contribution in [0, 0.1) is 0 Å². The Balaban J connectivity index is 1.52. The molecule has 6 nitrogen and oxygen atoms in total. The number of aromatic nitrogens is 2. The van der Waals surface area contributed by atoms with Crippen molar-refractivity contribution in [3.05, 3.63) is 69.1 Å². The fourth-order valence-corrected chi connectivity index (χ4v) is 4.97. The zero-order valence-corrected chi connectivity index (χ0v) is 20.3. The van der Waals surface area contributed by atoms with Crippen molar-refractivity contribution in [2.24, 2.45) is 0 Å². The van der Waals surface area contributed by atoms with Crippen molar-refractivity contribution < 1.29 is 9.59 Å². The number of unbranched alkanes of at least 4 members (excludes halogenated alkanes) is 1. The van der Waals surface area contributed by atoms with Crippen LogP contribution >= 0.6 is 39.0 Å². The molecule has 3 aromatic rings. The molecule has 1 aromatic heterocycles. The van der Waals surface area contributed by atoms with Crippen molar-refractivity contribution >= 4 is 56.0 Å². The zero-order valence-electron chi connectivity index (χ0n) is 17.1. The summed E-state index contributed by atoms with van der Waals surface area (Å²) in [7, 11) is 0. The topological polar surface area (TPSA) is 84.0 Å². The average molecular weight is 519 g/mol. The van der Waals surface area contributed by atoms with Gasteiger partial charge in [0.2, 0.25) is 5.13 Å². The van der Waals surface area contributed by atoms with Gasteiger partial charge in [0.05, 0.1) is 5.56 Å². The molecule has 0 saturated heterocycles. The molecule has 1 heterocycles. The third-order valence-corrected chi connectivity index (χ3v) is 6.84. The van der Waals surface area contributed by atoms with E-state index in [0.29, 0.717) is 29.2 Å². The molecule has 0 atom stereocenters. The summed E-state index contributed by atoms with van der Waals surface area (Å²) in [6.07, 6.45) is 2.77. The molecule has 0 radical (unpaired) electrons. The van der Waals surface area contributed by atoms with E-state index >= 15 is 0 Å². The molecule has 9 heteroatoms. The fraction of sp³-hybridized carbons (Fsp3) is 0.273. The number of anilines is 1. The molecule has 0 fully saturated rings. The highest BCUT2D eigenvalue weighted by Crippen LogP contribution is 2.25. The van der Waals surface area contributed by atoms with Gasteiger partial charge in [0.15, 0.2) is 0 Å². The van der Waals surface area contributed by atoms with Crippen LogP contribution in [-0.4, -0.2) is 34.3 Å². The van der Waals surface area contributed by atoms with E-state index in [4.69, 9.17) is 0 Å². The van der Waals surface area contributed by atoms with E-state index in [0.717, 1.165) is 33.0 Å². The number of thioether (sulfide) groups is 1. The Bertz CT molecular complexity index is 1040. The monoisotopic (exact) mass is 518 g/mol. The first-order chi connectivity index (χ1) is 15.1. The minimum atomic E-state index is -0.190. The van der Waals surface area contributed by atoms with Crippen LogP contribution in [0.1, 0.15) is 45.5 Å². The normalized spacial score (nSPS) is 10.6. The molecule has 3 rings (SSSR count). The Morgan fingerprint density at radius 3 is 2.74 bits per heavy atom. The largest absolute Gasteiger partial charge is 0.352 e. The molecular weight excluding hydrogens is 496 g/mol. The molecule has 0 bridgehead atoms. The van der Waals surface area contributed by atoms with Gasteiger partial charge in [-0.2, -0.15) is 0 Å². The zero-order chi connectivity index (χ0) is 22.1. The van der Waals surface area contributed by atoms with Crippen LogP contribution in [0.2, 0.25) is 0 Å². The van der Waals surface area contributed by atoms with E-state index in [1.807, 2.05) is 36.4 Å². The summed E-state index contributed by atoms with van der Waals surface area (Å²) in [6.45, 7) is 2.59. The number of hydrogen-bond donors (Lipinski definition) is 2. The molecule has 31 heavy (non-hydrogen) atoms. The Morgan fingerprint density at radius 1 is 1.10 bits per heavy atom. The number of halogens is 1. The minimum absolute atomic E-state index is 0.142. The van der Waals surface area contributed by atoms with Crippen LogP contribution in [0.5, 0.6) is 0 Å². The number of carbonyl (C=O) groups excluding carboxylic acids is 2. The van der Waals surface area contributed by atoms with E-state index in [2.05, 4.69) is 43.7 Å². The van der Waals surface area contributed by atoms with E-state index in [9.17, 15) is 9.59 Å². The summed E-state index contributed by atoms with van der Waals surface area (Å²) in [5.74, 6) is 0.650. The highest BCUT2D eigenvalue weighted by molar-refractivity contribution is 9.10. The molecule has 0 unspecified atom stereocenters. The number of nitrogens with zero attached hydrogens (tertiary/aromatic N) is 2. The van der Waals surface area contributed by atoms with Gasteiger partial charge in [0, 0.05) is 27.9 Å². The van der Waals surface area contributed by atoms with Crippen molar-refractivity contribution in [2.45, 2.75) is 31.1 Å². The number of hydrogen-bond acceptors (Lipinski definition) is 6. The van der Waals surface area contributed by atoms with Crippen molar-refractivity contribution in [1.29, 1.82) is 0 Å². The number of rotatable bonds is 10. The maximum absolute atomic E-state index is 12.7. The summed E-state index contributed by atoms with van der Waals surface area (Å²) < 4.78 is 0.856. The van der Waals surface area contributed by atoms with Crippen LogP contribution in [-0.2, 0) is 6.42 Å². The number of carbonyl (C=O) groups is 2. The van der Waals surface area contributed by atoms with E-state index in [-0.39, 0.29) is 11.8 Å². The lowest BCUT2D eigenvalue weighted by Crippen LogP contribution is -2.25. The third kappa shape index (κ3) is 7.15. The maximum atomic E-state index is 12.7. The predicted octanol–water partition coefficient (Wildman–Crippen LogP) is 5.42. The Labute approximate surface area is 198 Å². The van der Waals surface area contributed by atoms with Gasteiger partial charge in [-0.15, -0.1) is 22.0 Å². The van der Waals surface area contributed by atoms with Gasteiger partial charge < -0.3 is 5.32 Å². The average Bonchev–Trinajstić information content (AvgIpc) is 3.21. The third-order valence-electron chi connectivity index (χ3n) is 4.29. The van der Waals surface area contributed by atoms with Crippen LogP contribution in [0.3, 0.4) is 0 Å². The molecule has 2 aromatic carbocycles. The molecule has 0 aliphatic carbocycles. The van der Waals surface area contributed by atoms with Crippen molar-refractivity contribution in [1.82, 2.24) is 15.5 Å². The lowest BCUT2D eigenvalue weighted by molar-refractivity contribution is 0.0953. The molecule has 0 spiro atoms. The van der Waals surface area contributed by atoms with Crippen LogP contribution < -0.4 is 10.6 Å². The molecule has 0 aliphatic rings. The SMILES string of the molecule is CCCCSc1ccccc1C(=O)Nc1nnc(CCNC(=O)c2cccc(Br)c2)s1. The fourth-order valence-electron chi connectivity index (χ4n) is 2.69. The first-order valence-electron chi connectivity index (χ1n) is 9.96. The molecule has 0 aliphatic heterocycles. The van der Waals surface area contributed by atoms with Gasteiger partial charge in [0.25, 0.3) is 11.8 Å². The quantitative estimate of drug-likeness (QED) is 0.276. The Hall–Kier alpha value is -2.23. The van der Waals surface area contributed by atoms with Gasteiger partial charge in [0.1, 0.15) is 5.01 Å². The Morgan fingerprint density at radius 2 is 1.94 bits per heavy atom. The first kappa shape index (κ1) is 23.4. The van der Waals surface area contributed by atoms with Crippen molar-refractivity contribution in [3.63, 3.8) is 0 Å². The number of nitrogens with one attached hydrogen (secondary N) is 2. The highest BCUT2D eigenvalue weighted by Gasteiger charge is 2.14. The second-order valence-corrected chi connectivity index (χ2v) is 9.78. The summed E-state index contributed by atoms with van der Waals surface area (Å²) in [5, 5.41) is 15.1.